The Kier molecular flexibility index (Phi) is 22.7. The molecule has 0 aliphatic heterocycles. The number of carbonyl (C=O) groups excluding carboxylic acids is 1. The van der Waals surface area contributed by atoms with Crippen molar-refractivity contribution in [3.05, 3.63) is 59.7 Å². The number of unbranched alkanes of at least 4 members (excludes halogenated alkanes) is 16. The maximum absolute atomic E-state index is 14.0. The van der Waals surface area contributed by atoms with Crippen molar-refractivity contribution in [3.63, 3.8) is 0 Å². The fourth-order valence-electron chi connectivity index (χ4n) is 6.92. The average Bonchev–Trinajstić information content (AvgIpc) is 3.12. The first-order valence-electron chi connectivity index (χ1n) is 19.8. The van der Waals surface area contributed by atoms with Crippen LogP contribution in [0.5, 0.6) is 0 Å². The van der Waals surface area contributed by atoms with Crippen LogP contribution in [0.15, 0.2) is 58.3 Å². The molecule has 0 spiro atoms. The zero-order valence-electron chi connectivity index (χ0n) is 31.5. The molecule has 49 heavy (non-hydrogen) atoms. The quantitative estimate of drug-likeness (QED) is 0.0490. The van der Waals surface area contributed by atoms with Crippen LogP contribution in [-0.4, -0.2) is 41.7 Å². The molecule has 0 aliphatic rings. The van der Waals surface area contributed by atoms with Crippen molar-refractivity contribution in [2.75, 3.05) is 24.6 Å². The second-order valence-corrected chi connectivity index (χ2v) is 22.3. The predicted molar refractivity (Wildman–Crippen MR) is 218 cm³/mol. The Morgan fingerprint density at radius 2 is 0.816 bits per heavy atom. The van der Waals surface area contributed by atoms with Gasteiger partial charge in [0.25, 0.3) is 0 Å². The summed E-state index contributed by atoms with van der Waals surface area (Å²) in [4.78, 5) is 27.2. The number of hydrogen-bond acceptors (Lipinski definition) is 5. The summed E-state index contributed by atoms with van der Waals surface area (Å²) in [5.74, 6) is -1.04. The van der Waals surface area contributed by atoms with E-state index in [1.807, 2.05) is 36.4 Å². The summed E-state index contributed by atoms with van der Waals surface area (Å²) in [6, 6.07) is 14.8. The number of benzene rings is 2. The molecule has 0 atom stereocenters. The molecule has 0 saturated carbocycles. The number of carboxylic acids is 1. The van der Waals surface area contributed by atoms with Gasteiger partial charge in [0.2, 0.25) is 0 Å². The second-order valence-electron chi connectivity index (χ2n) is 14.3. The number of carboxylic acid groups (broad SMARTS) is 1. The van der Waals surface area contributed by atoms with Gasteiger partial charge in [0, 0.05) is 0 Å². The third-order valence-electron chi connectivity index (χ3n) is 10.1. The Balaban J connectivity index is 2.00. The normalized spacial score (nSPS) is 12.4. The summed E-state index contributed by atoms with van der Waals surface area (Å²) in [5.41, 5.74) is 0.940. The second kappa shape index (κ2) is 25.5. The van der Waals surface area contributed by atoms with Crippen LogP contribution in [0, 0.1) is 0 Å². The summed E-state index contributed by atoms with van der Waals surface area (Å²) in [6.45, 7) is 6.35. The molecule has 7 heteroatoms. The van der Waals surface area contributed by atoms with Gasteiger partial charge in [-0.1, -0.05) is 26.2 Å². The van der Waals surface area contributed by atoms with E-state index in [9.17, 15) is 9.59 Å². The molecule has 0 fully saturated rings. The third kappa shape index (κ3) is 17.1. The minimum atomic E-state index is -2.75. The Morgan fingerprint density at radius 3 is 1.18 bits per heavy atom. The molecule has 0 saturated heterocycles. The Morgan fingerprint density at radius 1 is 0.490 bits per heavy atom. The minimum absolute atomic E-state index is 0.125. The first-order valence-corrected chi connectivity index (χ1v) is 24.9. The van der Waals surface area contributed by atoms with E-state index < -0.39 is 12.8 Å². The van der Waals surface area contributed by atoms with E-state index in [1.165, 1.54) is 89.9 Å². The number of rotatable bonds is 30. The van der Waals surface area contributed by atoms with E-state index in [1.54, 1.807) is 33.7 Å². The molecule has 0 aliphatic carbocycles. The van der Waals surface area contributed by atoms with E-state index in [4.69, 9.17) is 9.63 Å². The van der Waals surface area contributed by atoms with Gasteiger partial charge in [-0.2, -0.15) is 0 Å². The standard InChI is InChI=1S/C42H69O4PS2/c1-5-9-13-14-15-16-17-18-19-20-21-22-23-24-36-47(33-10-6-2,34-11-7-3,35-12-8-4)46-42(45)38-27-31-40(32-28-38)49-48-39-29-25-37(26-30-39)41(43)44/h25-32H,5-24,33-36H2,1-4H3,(H,43,44). The predicted octanol–water partition coefficient (Wildman–Crippen LogP) is 14.7. The number of carbonyl (C=O) groups is 2. The molecule has 278 valence electrons. The van der Waals surface area contributed by atoms with Gasteiger partial charge in [0.05, 0.1) is 0 Å². The summed E-state index contributed by atoms with van der Waals surface area (Å²) in [7, 11) is 3.19. The third-order valence-corrected chi connectivity index (χ3v) is 19.0. The van der Waals surface area contributed by atoms with Crippen molar-refractivity contribution in [3.8, 4) is 0 Å². The molecule has 2 aromatic rings. The van der Waals surface area contributed by atoms with Crippen molar-refractivity contribution in [1.29, 1.82) is 0 Å². The molecular weight excluding hydrogens is 664 g/mol. The van der Waals surface area contributed by atoms with Gasteiger partial charge in [-0.25, -0.2) is 4.79 Å². The van der Waals surface area contributed by atoms with Gasteiger partial charge >= 0.3 is 274 Å². The van der Waals surface area contributed by atoms with Gasteiger partial charge in [0.1, 0.15) is 0 Å². The van der Waals surface area contributed by atoms with Gasteiger partial charge in [-0.3, -0.25) is 0 Å². The number of aromatic carboxylic acids is 1. The Labute approximate surface area is 308 Å². The van der Waals surface area contributed by atoms with Crippen molar-refractivity contribution in [2.24, 2.45) is 0 Å². The molecule has 2 rings (SSSR count). The Bertz CT molecular complexity index is 1140. The van der Waals surface area contributed by atoms with Crippen LogP contribution in [0.4, 0.5) is 0 Å². The molecule has 0 amide bonds. The summed E-state index contributed by atoms with van der Waals surface area (Å²) < 4.78 is 7.06. The van der Waals surface area contributed by atoms with Crippen LogP contribution in [0.1, 0.15) is 177 Å². The SMILES string of the molecule is CCCCCCCCCCCCCCCCP(CCCC)(CCCC)(CCCC)OC(=O)c1ccc(SSc2ccc(C(=O)O)cc2)cc1. The summed E-state index contributed by atoms with van der Waals surface area (Å²) in [6.07, 6.45) is 30.2. The molecule has 0 aromatic heterocycles. The van der Waals surface area contributed by atoms with Crippen molar-refractivity contribution < 1.29 is 19.2 Å². The van der Waals surface area contributed by atoms with Gasteiger partial charge < -0.3 is 5.11 Å². The first kappa shape index (κ1) is 43.7. The van der Waals surface area contributed by atoms with Crippen LogP contribution in [0.2, 0.25) is 0 Å². The molecular formula is C42H69O4PS2. The van der Waals surface area contributed by atoms with E-state index in [2.05, 4.69) is 27.7 Å². The van der Waals surface area contributed by atoms with Gasteiger partial charge in [0.15, 0.2) is 0 Å². The van der Waals surface area contributed by atoms with Crippen LogP contribution in [0.25, 0.3) is 0 Å². The fraction of sp³-hybridized carbons (Fsp3) is 0.667. The Hall–Kier alpha value is -1.49. The van der Waals surface area contributed by atoms with Crippen molar-refractivity contribution >= 4 is 40.4 Å². The summed E-state index contributed by atoms with van der Waals surface area (Å²) in [5, 5.41) is 9.15. The topological polar surface area (TPSA) is 63.6 Å². The molecule has 0 bridgehead atoms. The van der Waals surface area contributed by atoms with Crippen LogP contribution in [0.3, 0.4) is 0 Å². The van der Waals surface area contributed by atoms with E-state index in [0.29, 0.717) is 5.56 Å². The zero-order valence-corrected chi connectivity index (χ0v) is 34.1. The molecule has 2 aromatic carbocycles. The number of hydrogen-bond donors (Lipinski definition) is 1. The zero-order chi connectivity index (χ0) is 35.7. The molecule has 0 unspecified atom stereocenters. The van der Waals surface area contributed by atoms with E-state index in [-0.39, 0.29) is 11.5 Å². The van der Waals surface area contributed by atoms with Crippen LogP contribution >= 0.6 is 28.4 Å². The van der Waals surface area contributed by atoms with Gasteiger partial charge in [-0.05, 0) is 0 Å². The fourth-order valence-corrected chi connectivity index (χ4v) is 15.5. The van der Waals surface area contributed by atoms with E-state index in [0.717, 1.165) is 73.0 Å². The summed E-state index contributed by atoms with van der Waals surface area (Å²) >= 11 is 0. The average molecular weight is 733 g/mol. The molecule has 0 radical (unpaired) electrons. The van der Waals surface area contributed by atoms with Crippen molar-refractivity contribution in [1.82, 2.24) is 0 Å². The van der Waals surface area contributed by atoms with Crippen molar-refractivity contribution in [2.45, 2.75) is 166 Å². The molecule has 1 N–H and O–H groups in total. The first-order chi connectivity index (χ1) is 23.8. The van der Waals surface area contributed by atoms with Crippen LogP contribution < -0.4 is 0 Å². The molecule has 0 heterocycles. The van der Waals surface area contributed by atoms with E-state index >= 15 is 0 Å². The monoisotopic (exact) mass is 732 g/mol. The molecule has 4 nitrogen and oxygen atoms in total. The maximum atomic E-state index is 14.0. The van der Waals surface area contributed by atoms with Gasteiger partial charge in [-0.15, -0.1) is 0 Å². The van der Waals surface area contributed by atoms with Crippen LogP contribution in [-0.2, 0) is 4.52 Å².